The molecule has 3 heterocycles. The van der Waals surface area contributed by atoms with Gasteiger partial charge in [-0.1, -0.05) is 34.1 Å². The van der Waals surface area contributed by atoms with E-state index in [2.05, 4.69) is 25.6 Å². The van der Waals surface area contributed by atoms with Crippen LogP contribution >= 0.6 is 15.9 Å². The monoisotopic (exact) mass is 437 g/mol. The maximum atomic E-state index is 12.3. The van der Waals surface area contributed by atoms with Gasteiger partial charge in [-0.05, 0) is 42.8 Å². The van der Waals surface area contributed by atoms with Crippen molar-refractivity contribution in [2.75, 3.05) is 6.54 Å². The molecule has 28 heavy (non-hydrogen) atoms. The summed E-state index contributed by atoms with van der Waals surface area (Å²) in [6, 6.07) is 17.8. The third-order valence-electron chi connectivity index (χ3n) is 4.61. The summed E-state index contributed by atoms with van der Waals surface area (Å²) < 4.78 is 8.38. The molecule has 3 aromatic heterocycles. The summed E-state index contributed by atoms with van der Waals surface area (Å²) in [6.45, 7) is 0.569. The fourth-order valence-corrected chi connectivity index (χ4v) is 3.49. The summed E-state index contributed by atoms with van der Waals surface area (Å²) in [5, 5.41) is 2.96. The van der Waals surface area contributed by atoms with Gasteiger partial charge < -0.3 is 14.1 Å². The molecule has 0 aliphatic heterocycles. The Bertz CT molecular complexity index is 1070. The number of furan rings is 1. The van der Waals surface area contributed by atoms with Gasteiger partial charge in [-0.15, -0.1) is 0 Å². The van der Waals surface area contributed by atoms with E-state index in [1.807, 2.05) is 60.8 Å². The summed E-state index contributed by atoms with van der Waals surface area (Å²) in [7, 11) is 0. The average Bonchev–Trinajstić information content (AvgIpc) is 3.35. The highest BCUT2D eigenvalue weighted by Crippen LogP contribution is 2.26. The van der Waals surface area contributed by atoms with E-state index in [9.17, 15) is 4.79 Å². The molecule has 0 atom stereocenters. The van der Waals surface area contributed by atoms with E-state index in [0.29, 0.717) is 25.8 Å². The Morgan fingerprint density at radius 1 is 1.07 bits per heavy atom. The van der Waals surface area contributed by atoms with Crippen LogP contribution in [0.4, 0.5) is 0 Å². The number of halogens is 1. The van der Waals surface area contributed by atoms with Crippen molar-refractivity contribution in [1.82, 2.24) is 14.7 Å². The van der Waals surface area contributed by atoms with Crippen LogP contribution in [0.25, 0.3) is 16.9 Å². The molecule has 0 aliphatic carbocycles. The lowest BCUT2D eigenvalue weighted by Crippen LogP contribution is -2.26. The lowest BCUT2D eigenvalue weighted by atomic mass is 10.1. The molecule has 142 valence electrons. The van der Waals surface area contributed by atoms with Crippen LogP contribution < -0.4 is 5.32 Å². The van der Waals surface area contributed by atoms with Crippen molar-refractivity contribution < 1.29 is 9.21 Å². The van der Waals surface area contributed by atoms with Crippen molar-refractivity contribution in [3.05, 3.63) is 83.0 Å². The van der Waals surface area contributed by atoms with Crippen molar-refractivity contribution >= 4 is 27.5 Å². The molecule has 4 aromatic rings. The number of fused-ring (bicyclic) bond motifs is 1. The number of amides is 1. The smallest absolute Gasteiger partial charge is 0.220 e. The molecule has 1 N–H and O–H groups in total. The van der Waals surface area contributed by atoms with Crippen LogP contribution in [0.1, 0.15) is 17.9 Å². The van der Waals surface area contributed by atoms with Gasteiger partial charge in [0.15, 0.2) is 0 Å². The summed E-state index contributed by atoms with van der Waals surface area (Å²) in [6.07, 6.45) is 5.35. The van der Waals surface area contributed by atoms with Gasteiger partial charge in [0.1, 0.15) is 11.4 Å². The van der Waals surface area contributed by atoms with Gasteiger partial charge in [-0.3, -0.25) is 4.79 Å². The number of aryl methyl sites for hydroxylation is 1. The molecule has 0 fully saturated rings. The predicted octanol–water partition coefficient (Wildman–Crippen LogP) is 4.65. The molecule has 0 saturated carbocycles. The summed E-state index contributed by atoms with van der Waals surface area (Å²) in [4.78, 5) is 17.1. The maximum Gasteiger partial charge on any atom is 0.220 e. The highest BCUT2D eigenvalue weighted by atomic mass is 79.9. The molecule has 6 heteroatoms. The molecule has 0 bridgehead atoms. The Hall–Kier alpha value is -2.86. The highest BCUT2D eigenvalue weighted by molar-refractivity contribution is 9.10. The Morgan fingerprint density at radius 3 is 2.71 bits per heavy atom. The average molecular weight is 438 g/mol. The lowest BCUT2D eigenvalue weighted by molar-refractivity contribution is -0.121. The van der Waals surface area contributed by atoms with Crippen LogP contribution in [0, 0.1) is 0 Å². The number of hydrogen-bond acceptors (Lipinski definition) is 3. The van der Waals surface area contributed by atoms with Crippen LogP contribution in [0.5, 0.6) is 0 Å². The Kier molecular flexibility index (Phi) is 5.58. The number of pyridine rings is 1. The second kappa shape index (κ2) is 8.44. The van der Waals surface area contributed by atoms with Crippen molar-refractivity contribution in [3.63, 3.8) is 0 Å². The summed E-state index contributed by atoms with van der Waals surface area (Å²) >= 11 is 3.47. The summed E-state index contributed by atoms with van der Waals surface area (Å²) in [5.41, 5.74) is 3.88. The summed E-state index contributed by atoms with van der Waals surface area (Å²) in [5.74, 6) is 0.902. The van der Waals surface area contributed by atoms with Crippen LogP contribution in [-0.2, 0) is 17.6 Å². The first kappa shape index (κ1) is 18.5. The van der Waals surface area contributed by atoms with Crippen LogP contribution in [0.2, 0.25) is 0 Å². The van der Waals surface area contributed by atoms with E-state index in [0.717, 1.165) is 32.8 Å². The molecule has 1 aromatic carbocycles. The van der Waals surface area contributed by atoms with E-state index < -0.39 is 0 Å². The van der Waals surface area contributed by atoms with E-state index in [4.69, 9.17) is 9.40 Å². The predicted molar refractivity (Wildman–Crippen MR) is 112 cm³/mol. The topological polar surface area (TPSA) is 59.5 Å². The van der Waals surface area contributed by atoms with Gasteiger partial charge in [-0.2, -0.15) is 0 Å². The molecule has 0 unspecified atom stereocenters. The molecule has 0 radical (unpaired) electrons. The minimum absolute atomic E-state index is 0.0270. The molecule has 0 saturated heterocycles. The van der Waals surface area contributed by atoms with Crippen molar-refractivity contribution in [1.29, 1.82) is 0 Å². The number of nitrogens with one attached hydrogen (secondary N) is 1. The third-order valence-corrected chi connectivity index (χ3v) is 5.14. The highest BCUT2D eigenvalue weighted by Gasteiger charge is 2.15. The number of nitrogens with zero attached hydrogens (tertiary/aromatic N) is 2. The van der Waals surface area contributed by atoms with Gasteiger partial charge in [0.25, 0.3) is 0 Å². The molecule has 0 aliphatic rings. The van der Waals surface area contributed by atoms with Gasteiger partial charge in [0.05, 0.1) is 17.7 Å². The SMILES string of the molecule is O=C(CCc1c(-c2ccc(Br)cc2)nc2ccccn12)NCCc1ccco1. The first-order chi connectivity index (χ1) is 13.7. The molecular weight excluding hydrogens is 418 g/mol. The quantitative estimate of drug-likeness (QED) is 0.457. The van der Waals surface area contributed by atoms with Crippen molar-refractivity contribution in [3.8, 4) is 11.3 Å². The van der Waals surface area contributed by atoms with Gasteiger partial charge in [0.2, 0.25) is 5.91 Å². The Morgan fingerprint density at radius 2 is 1.93 bits per heavy atom. The number of imidazole rings is 1. The van der Waals surface area contributed by atoms with E-state index in [1.165, 1.54) is 0 Å². The minimum atomic E-state index is 0.0270. The lowest BCUT2D eigenvalue weighted by Gasteiger charge is -2.07. The van der Waals surface area contributed by atoms with Crippen LogP contribution in [0.15, 0.2) is 75.9 Å². The number of rotatable bonds is 7. The molecule has 5 nitrogen and oxygen atoms in total. The van der Waals surface area contributed by atoms with Gasteiger partial charge in [0, 0.05) is 35.6 Å². The molecule has 0 spiro atoms. The number of benzene rings is 1. The second-order valence-electron chi connectivity index (χ2n) is 6.52. The molecule has 1 amide bonds. The minimum Gasteiger partial charge on any atom is -0.469 e. The van der Waals surface area contributed by atoms with Crippen LogP contribution in [-0.4, -0.2) is 21.8 Å². The number of hydrogen-bond donors (Lipinski definition) is 1. The fourth-order valence-electron chi connectivity index (χ4n) is 3.22. The Balaban J connectivity index is 1.48. The zero-order valence-corrected chi connectivity index (χ0v) is 16.9. The number of carbonyl (C=O) groups is 1. The fraction of sp³-hybridized carbons (Fsp3) is 0.182. The van der Waals surface area contributed by atoms with E-state index in [1.54, 1.807) is 6.26 Å². The maximum absolute atomic E-state index is 12.3. The second-order valence-corrected chi connectivity index (χ2v) is 7.44. The standard InChI is InChI=1S/C22H20BrN3O2/c23-17-8-6-16(7-9-17)22-19(26-14-2-1-5-20(26)25-22)10-11-21(27)24-13-12-18-4-3-15-28-18/h1-9,14-15H,10-13H2,(H,24,27). The largest absolute Gasteiger partial charge is 0.469 e. The zero-order chi connectivity index (χ0) is 19.3. The van der Waals surface area contributed by atoms with Crippen molar-refractivity contribution in [2.45, 2.75) is 19.3 Å². The van der Waals surface area contributed by atoms with Gasteiger partial charge >= 0.3 is 0 Å². The van der Waals surface area contributed by atoms with Crippen molar-refractivity contribution in [2.24, 2.45) is 0 Å². The van der Waals surface area contributed by atoms with Crippen LogP contribution in [0.3, 0.4) is 0 Å². The normalized spacial score (nSPS) is 11.0. The van der Waals surface area contributed by atoms with Gasteiger partial charge in [-0.25, -0.2) is 4.98 Å². The third kappa shape index (κ3) is 4.17. The zero-order valence-electron chi connectivity index (χ0n) is 15.3. The number of carbonyl (C=O) groups excluding carboxylic acids is 1. The van der Waals surface area contributed by atoms with E-state index >= 15 is 0 Å². The first-order valence-electron chi connectivity index (χ1n) is 9.22. The first-order valence-corrected chi connectivity index (χ1v) is 10.0. The number of aromatic nitrogens is 2. The van der Waals surface area contributed by atoms with E-state index in [-0.39, 0.29) is 5.91 Å². The molecule has 4 rings (SSSR count). The Labute approximate surface area is 171 Å². The molecular formula is C22H20BrN3O2.